The largest absolute Gasteiger partial charge is 0.469 e. The zero-order valence-corrected chi connectivity index (χ0v) is 14.9. The van der Waals surface area contributed by atoms with Gasteiger partial charge in [-0.1, -0.05) is 58.3 Å². The van der Waals surface area contributed by atoms with Gasteiger partial charge in [-0.05, 0) is 6.42 Å². The highest BCUT2D eigenvalue weighted by atomic mass is 31.2. The topological polar surface area (TPSA) is 113 Å². The number of esters is 1. The molecule has 0 aromatic carbocycles. The summed E-state index contributed by atoms with van der Waals surface area (Å²) in [5, 5.41) is 9.35. The number of carbonyl (C=O) groups excluding carboxylic acids is 1. The number of carbonyl (C=O) groups is 1. The minimum absolute atomic E-state index is 0.294. The third-order valence-corrected chi connectivity index (χ3v) is 3.84. The molecule has 0 fully saturated rings. The van der Waals surface area contributed by atoms with E-state index < -0.39 is 26.5 Å². The average Bonchev–Trinajstić information content (AvgIpc) is 2.48. The van der Waals surface area contributed by atoms with Crippen LogP contribution in [0.3, 0.4) is 0 Å². The number of hydrogen-bond donors (Lipinski definition) is 3. The number of hydrogen-bond acceptors (Lipinski definition) is 5. The van der Waals surface area contributed by atoms with Crippen LogP contribution in [-0.4, -0.2) is 40.2 Å². The van der Waals surface area contributed by atoms with Crippen LogP contribution in [0.2, 0.25) is 0 Å². The van der Waals surface area contributed by atoms with Crippen LogP contribution in [0.15, 0.2) is 0 Å². The van der Waals surface area contributed by atoms with Crippen molar-refractivity contribution in [3.8, 4) is 0 Å². The number of rotatable bonds is 15. The Balaban J connectivity index is 3.41. The quantitative estimate of drug-likeness (QED) is 0.235. The van der Waals surface area contributed by atoms with Crippen molar-refractivity contribution in [2.45, 2.75) is 77.2 Å². The summed E-state index contributed by atoms with van der Waals surface area (Å²) in [6.45, 7) is 1.30. The molecule has 0 aliphatic heterocycles. The molecular formula is C15H31O7P. The Labute approximate surface area is 138 Å². The number of aliphatic hydroxyl groups excluding tert-OH is 1. The summed E-state index contributed by atoms with van der Waals surface area (Å²) in [7, 11) is -4.61. The number of unbranched alkanes of at least 4 members (excludes halogenated alkanes) is 8. The van der Waals surface area contributed by atoms with E-state index in [0.717, 1.165) is 19.3 Å². The number of aliphatic hydroxyl groups is 1. The fourth-order valence-corrected chi connectivity index (χ4v) is 2.44. The molecule has 1 atom stereocenters. The lowest BCUT2D eigenvalue weighted by Gasteiger charge is -2.12. The Hall–Kier alpha value is -0.460. The molecule has 0 bridgehead atoms. The zero-order chi connectivity index (χ0) is 17.6. The Kier molecular flexibility index (Phi) is 13.7. The van der Waals surface area contributed by atoms with E-state index in [2.05, 4.69) is 11.4 Å². The molecule has 7 nitrogen and oxygen atoms in total. The molecule has 0 aliphatic carbocycles. The van der Waals surface area contributed by atoms with Crippen LogP contribution in [0.5, 0.6) is 0 Å². The summed E-state index contributed by atoms with van der Waals surface area (Å²) in [5.41, 5.74) is 0. The maximum absolute atomic E-state index is 11.4. The lowest BCUT2D eigenvalue weighted by Crippen LogP contribution is -2.23. The van der Waals surface area contributed by atoms with E-state index in [-0.39, 0.29) is 6.61 Å². The predicted molar refractivity (Wildman–Crippen MR) is 86.8 cm³/mol. The molecule has 0 aliphatic rings. The molecule has 138 valence electrons. The van der Waals surface area contributed by atoms with Crippen molar-refractivity contribution < 1.29 is 33.5 Å². The van der Waals surface area contributed by atoms with Crippen molar-refractivity contribution in [3.63, 3.8) is 0 Å². The Morgan fingerprint density at radius 2 is 1.48 bits per heavy atom. The molecule has 0 aromatic rings. The number of phosphoric ester groups is 1. The van der Waals surface area contributed by atoms with Crippen LogP contribution in [0.1, 0.15) is 71.1 Å². The van der Waals surface area contributed by atoms with Crippen molar-refractivity contribution in [1.29, 1.82) is 0 Å². The highest BCUT2D eigenvalue weighted by Crippen LogP contribution is 2.35. The second-order valence-corrected chi connectivity index (χ2v) is 6.94. The van der Waals surface area contributed by atoms with Gasteiger partial charge in [0.1, 0.15) is 12.7 Å². The van der Waals surface area contributed by atoms with Gasteiger partial charge in [0.15, 0.2) is 0 Å². The van der Waals surface area contributed by atoms with Gasteiger partial charge in [-0.3, -0.25) is 9.32 Å². The summed E-state index contributed by atoms with van der Waals surface area (Å²) in [6.07, 6.45) is 9.47. The van der Waals surface area contributed by atoms with Gasteiger partial charge in [-0.2, -0.15) is 0 Å². The van der Waals surface area contributed by atoms with Crippen molar-refractivity contribution in [2.24, 2.45) is 0 Å². The highest BCUT2D eigenvalue weighted by Gasteiger charge is 2.17. The van der Waals surface area contributed by atoms with Crippen LogP contribution in [0, 0.1) is 0 Å². The van der Waals surface area contributed by atoms with E-state index in [0.29, 0.717) is 6.42 Å². The standard InChI is InChI=1S/C15H31O7P/c1-2-3-4-5-6-7-8-9-10-11-15(17)21-12-14(16)13-22-23(18,19)20/h14,16H,2-13H2,1H3,(H2,18,19,20). The molecule has 0 heterocycles. The average molecular weight is 354 g/mol. The van der Waals surface area contributed by atoms with Gasteiger partial charge in [0.2, 0.25) is 0 Å². The molecule has 0 saturated heterocycles. The number of ether oxygens (including phenoxy) is 1. The first kappa shape index (κ1) is 22.5. The molecule has 0 radical (unpaired) electrons. The van der Waals surface area contributed by atoms with Crippen LogP contribution >= 0.6 is 7.82 Å². The van der Waals surface area contributed by atoms with Gasteiger partial charge < -0.3 is 19.6 Å². The lowest BCUT2D eigenvalue weighted by atomic mass is 10.1. The molecule has 0 amide bonds. The fourth-order valence-electron chi connectivity index (χ4n) is 2.07. The van der Waals surface area contributed by atoms with Gasteiger partial charge in [0.25, 0.3) is 0 Å². The molecule has 23 heavy (non-hydrogen) atoms. The van der Waals surface area contributed by atoms with Gasteiger partial charge in [-0.15, -0.1) is 0 Å². The van der Waals surface area contributed by atoms with Gasteiger partial charge in [0, 0.05) is 6.42 Å². The maximum Gasteiger partial charge on any atom is 0.469 e. The smallest absolute Gasteiger partial charge is 0.463 e. The summed E-state index contributed by atoms with van der Waals surface area (Å²) in [5.74, 6) is -0.414. The Morgan fingerprint density at radius 3 is 2.00 bits per heavy atom. The first-order valence-corrected chi connectivity index (χ1v) is 9.92. The van der Waals surface area contributed by atoms with E-state index in [1.54, 1.807) is 0 Å². The van der Waals surface area contributed by atoms with Crippen LogP contribution in [0.4, 0.5) is 0 Å². The normalized spacial score (nSPS) is 13.0. The van der Waals surface area contributed by atoms with E-state index >= 15 is 0 Å². The molecule has 0 rings (SSSR count). The SMILES string of the molecule is CCCCCCCCCCCC(=O)OCC(O)COP(=O)(O)O. The first-order chi connectivity index (χ1) is 10.8. The third kappa shape index (κ3) is 17.7. The van der Waals surface area contributed by atoms with Crippen LogP contribution in [0.25, 0.3) is 0 Å². The van der Waals surface area contributed by atoms with Crippen molar-refractivity contribution in [1.82, 2.24) is 0 Å². The van der Waals surface area contributed by atoms with Gasteiger partial charge >= 0.3 is 13.8 Å². The minimum atomic E-state index is -4.61. The lowest BCUT2D eigenvalue weighted by molar-refractivity contribution is -0.147. The molecule has 0 saturated carbocycles. The second kappa shape index (κ2) is 13.9. The summed E-state index contributed by atoms with van der Waals surface area (Å²) in [4.78, 5) is 28.4. The molecular weight excluding hydrogens is 323 g/mol. The predicted octanol–water partition coefficient (Wildman–Crippen LogP) is 2.92. The monoisotopic (exact) mass is 354 g/mol. The molecule has 0 spiro atoms. The summed E-state index contributed by atoms with van der Waals surface area (Å²) in [6, 6.07) is 0. The van der Waals surface area contributed by atoms with E-state index in [1.807, 2.05) is 0 Å². The molecule has 8 heteroatoms. The number of phosphoric acid groups is 1. The summed E-state index contributed by atoms with van der Waals surface area (Å²) >= 11 is 0. The minimum Gasteiger partial charge on any atom is -0.463 e. The molecule has 3 N–H and O–H groups in total. The molecule has 0 aromatic heterocycles. The fraction of sp³-hybridized carbons (Fsp3) is 0.933. The van der Waals surface area contributed by atoms with Crippen molar-refractivity contribution in [2.75, 3.05) is 13.2 Å². The van der Waals surface area contributed by atoms with Crippen LogP contribution < -0.4 is 0 Å². The van der Waals surface area contributed by atoms with Crippen LogP contribution in [-0.2, 0) is 18.6 Å². The Bertz CT molecular complexity index is 343. The zero-order valence-electron chi connectivity index (χ0n) is 14.0. The van der Waals surface area contributed by atoms with E-state index in [4.69, 9.17) is 14.5 Å². The van der Waals surface area contributed by atoms with E-state index in [9.17, 15) is 14.5 Å². The molecule has 1 unspecified atom stereocenters. The second-order valence-electron chi connectivity index (χ2n) is 5.70. The van der Waals surface area contributed by atoms with Crippen molar-refractivity contribution in [3.05, 3.63) is 0 Å². The third-order valence-electron chi connectivity index (χ3n) is 3.36. The summed E-state index contributed by atoms with van der Waals surface area (Å²) < 4.78 is 19.4. The van der Waals surface area contributed by atoms with Crippen molar-refractivity contribution >= 4 is 13.8 Å². The maximum atomic E-state index is 11.4. The highest BCUT2D eigenvalue weighted by molar-refractivity contribution is 7.46. The van der Waals surface area contributed by atoms with E-state index in [1.165, 1.54) is 38.5 Å². The van der Waals surface area contributed by atoms with Gasteiger partial charge in [0.05, 0.1) is 6.61 Å². The van der Waals surface area contributed by atoms with Gasteiger partial charge in [-0.25, -0.2) is 4.57 Å². The first-order valence-electron chi connectivity index (χ1n) is 8.39. The Morgan fingerprint density at radius 1 is 0.957 bits per heavy atom.